The fourth-order valence-electron chi connectivity index (χ4n) is 4.38. The number of thiazole rings is 1. The summed E-state index contributed by atoms with van der Waals surface area (Å²) in [5.74, 6) is -0.623. The third kappa shape index (κ3) is 3.72. The van der Waals surface area contributed by atoms with Gasteiger partial charge in [0.15, 0.2) is 5.13 Å². The highest BCUT2D eigenvalue weighted by Crippen LogP contribution is 2.34. The maximum Gasteiger partial charge on any atom is 0.325 e. The van der Waals surface area contributed by atoms with Gasteiger partial charge in [-0.05, 0) is 38.5 Å². The number of fused-ring (bicyclic) bond motifs is 1. The molecule has 3 aliphatic rings. The van der Waals surface area contributed by atoms with Crippen LogP contribution in [-0.4, -0.2) is 39.8 Å². The summed E-state index contributed by atoms with van der Waals surface area (Å²) in [5, 5.41) is 6.21. The number of carbonyl (C=O) groups is 3. The Morgan fingerprint density at radius 2 is 1.78 bits per heavy atom. The third-order valence-electron chi connectivity index (χ3n) is 5.85. The number of imide groups is 1. The van der Waals surface area contributed by atoms with Crippen LogP contribution in [0, 0.1) is 0 Å². The van der Waals surface area contributed by atoms with E-state index in [-0.39, 0.29) is 18.4 Å². The van der Waals surface area contributed by atoms with E-state index >= 15 is 0 Å². The Hall–Kier alpha value is -1.96. The number of hydrogen-bond donors (Lipinski definition) is 2. The number of rotatable bonds is 3. The van der Waals surface area contributed by atoms with Gasteiger partial charge in [0.1, 0.15) is 12.1 Å². The monoisotopic (exact) mass is 390 g/mol. The molecule has 0 bridgehead atoms. The number of hydrogen-bond acceptors (Lipinski definition) is 5. The third-order valence-corrected chi connectivity index (χ3v) is 6.92. The lowest BCUT2D eigenvalue weighted by Gasteiger charge is -2.30. The maximum atomic E-state index is 12.8. The molecule has 0 aromatic carbocycles. The largest absolute Gasteiger partial charge is 0.325 e. The fourth-order valence-corrected chi connectivity index (χ4v) is 5.44. The number of nitrogens with one attached hydrogen (secondary N) is 2. The summed E-state index contributed by atoms with van der Waals surface area (Å²) >= 11 is 1.52. The molecule has 1 saturated heterocycles. The molecule has 1 aliphatic heterocycles. The molecular weight excluding hydrogens is 364 g/mol. The predicted octanol–water partition coefficient (Wildman–Crippen LogP) is 3.00. The number of aromatic nitrogens is 1. The van der Waals surface area contributed by atoms with Crippen molar-refractivity contribution >= 4 is 34.3 Å². The van der Waals surface area contributed by atoms with E-state index in [4.69, 9.17) is 0 Å². The molecule has 27 heavy (non-hydrogen) atoms. The minimum absolute atomic E-state index is 0.253. The van der Waals surface area contributed by atoms with E-state index in [1.165, 1.54) is 29.1 Å². The van der Waals surface area contributed by atoms with Crippen LogP contribution in [-0.2, 0) is 22.4 Å². The zero-order valence-corrected chi connectivity index (χ0v) is 16.3. The first kappa shape index (κ1) is 18.4. The second kappa shape index (κ2) is 7.58. The summed E-state index contributed by atoms with van der Waals surface area (Å²) in [7, 11) is 0. The maximum absolute atomic E-state index is 12.8. The lowest BCUT2D eigenvalue weighted by Crippen LogP contribution is -2.48. The van der Waals surface area contributed by atoms with Crippen LogP contribution >= 0.6 is 11.3 Å². The molecule has 4 amide bonds. The summed E-state index contributed by atoms with van der Waals surface area (Å²) in [6.07, 6.45) is 11.0. The van der Waals surface area contributed by atoms with Crippen LogP contribution in [0.15, 0.2) is 0 Å². The fraction of sp³-hybridized carbons (Fsp3) is 0.684. The van der Waals surface area contributed by atoms with Crippen molar-refractivity contribution in [3.8, 4) is 0 Å². The number of amides is 4. The second-order valence-corrected chi connectivity index (χ2v) is 8.90. The van der Waals surface area contributed by atoms with Crippen LogP contribution in [0.1, 0.15) is 68.4 Å². The molecule has 0 atom stereocenters. The molecule has 8 heteroatoms. The molecule has 1 spiro atoms. The van der Waals surface area contributed by atoms with Crippen LogP contribution < -0.4 is 10.6 Å². The van der Waals surface area contributed by atoms with E-state index in [1.807, 2.05) is 0 Å². The topological polar surface area (TPSA) is 91.4 Å². The molecular formula is C19H26N4O3S. The van der Waals surface area contributed by atoms with E-state index in [2.05, 4.69) is 15.6 Å². The molecule has 1 aromatic rings. The van der Waals surface area contributed by atoms with Gasteiger partial charge in [0, 0.05) is 4.88 Å². The average Bonchev–Trinajstić information content (AvgIpc) is 3.09. The first-order valence-corrected chi connectivity index (χ1v) is 10.8. The molecule has 4 rings (SSSR count). The molecule has 2 heterocycles. The highest BCUT2D eigenvalue weighted by Gasteiger charge is 2.51. The number of nitrogens with zero attached hydrogens (tertiary/aromatic N) is 2. The van der Waals surface area contributed by atoms with Crippen LogP contribution in [0.5, 0.6) is 0 Å². The zero-order valence-electron chi connectivity index (χ0n) is 15.5. The number of carbonyl (C=O) groups excluding carboxylic acids is 3. The van der Waals surface area contributed by atoms with Crippen molar-refractivity contribution in [3.63, 3.8) is 0 Å². The van der Waals surface area contributed by atoms with Crippen molar-refractivity contribution in [1.29, 1.82) is 0 Å². The standard InChI is InChI=1S/C19H26N4O3S/c24-15(21-17-20-13-8-4-1-2-5-9-14(13)27-17)12-23-16(25)19(22-18(23)26)10-6-3-7-11-19/h1-12H2,(H,22,26)(H,20,21,24). The van der Waals surface area contributed by atoms with Gasteiger partial charge in [0.25, 0.3) is 5.91 Å². The number of anilines is 1. The van der Waals surface area contributed by atoms with Gasteiger partial charge >= 0.3 is 6.03 Å². The van der Waals surface area contributed by atoms with Gasteiger partial charge in [-0.1, -0.05) is 32.1 Å². The summed E-state index contributed by atoms with van der Waals surface area (Å²) < 4.78 is 0. The van der Waals surface area contributed by atoms with Crippen molar-refractivity contribution in [2.45, 2.75) is 76.2 Å². The lowest BCUT2D eigenvalue weighted by molar-refractivity contribution is -0.134. The van der Waals surface area contributed by atoms with Crippen molar-refractivity contribution < 1.29 is 14.4 Å². The van der Waals surface area contributed by atoms with Crippen LogP contribution in [0.4, 0.5) is 9.93 Å². The molecule has 2 N–H and O–H groups in total. The van der Waals surface area contributed by atoms with E-state index in [0.29, 0.717) is 18.0 Å². The minimum atomic E-state index is -0.785. The number of aryl methyl sites for hydroxylation is 2. The first-order chi connectivity index (χ1) is 13.1. The Morgan fingerprint density at radius 3 is 2.56 bits per heavy atom. The van der Waals surface area contributed by atoms with E-state index in [1.54, 1.807) is 0 Å². The highest BCUT2D eigenvalue weighted by molar-refractivity contribution is 7.15. The molecule has 146 valence electrons. The van der Waals surface area contributed by atoms with Gasteiger partial charge in [-0.25, -0.2) is 9.78 Å². The molecule has 0 radical (unpaired) electrons. The molecule has 0 unspecified atom stereocenters. The van der Waals surface area contributed by atoms with Gasteiger partial charge in [-0.3, -0.25) is 14.5 Å². The van der Waals surface area contributed by atoms with Gasteiger partial charge in [-0.2, -0.15) is 0 Å². The molecule has 2 fully saturated rings. The Labute approximate surface area is 162 Å². The molecule has 1 saturated carbocycles. The summed E-state index contributed by atoms with van der Waals surface area (Å²) in [6.45, 7) is -0.253. The number of urea groups is 1. The van der Waals surface area contributed by atoms with Crippen molar-refractivity contribution in [2.24, 2.45) is 0 Å². The average molecular weight is 391 g/mol. The van der Waals surface area contributed by atoms with Crippen molar-refractivity contribution in [3.05, 3.63) is 10.6 Å². The Kier molecular flexibility index (Phi) is 5.16. The van der Waals surface area contributed by atoms with Crippen molar-refractivity contribution in [2.75, 3.05) is 11.9 Å². The van der Waals surface area contributed by atoms with Crippen LogP contribution in [0.25, 0.3) is 0 Å². The first-order valence-electron chi connectivity index (χ1n) is 10.00. The Morgan fingerprint density at radius 1 is 1.07 bits per heavy atom. The van der Waals surface area contributed by atoms with Crippen LogP contribution in [0.3, 0.4) is 0 Å². The van der Waals surface area contributed by atoms with E-state index < -0.39 is 11.6 Å². The van der Waals surface area contributed by atoms with E-state index in [9.17, 15) is 14.4 Å². The molecule has 7 nitrogen and oxygen atoms in total. The molecule has 2 aliphatic carbocycles. The normalized spacial score (nSPS) is 22.1. The summed E-state index contributed by atoms with van der Waals surface area (Å²) in [5.41, 5.74) is 0.304. The van der Waals surface area contributed by atoms with Gasteiger partial charge < -0.3 is 10.6 Å². The summed E-state index contributed by atoms with van der Waals surface area (Å²) in [4.78, 5) is 44.4. The minimum Gasteiger partial charge on any atom is -0.323 e. The Bertz CT molecular complexity index is 729. The SMILES string of the molecule is O=C(CN1C(=O)NC2(CCCCC2)C1=O)Nc1nc2c(s1)CCCCCC2. The van der Waals surface area contributed by atoms with Gasteiger partial charge in [0.05, 0.1) is 5.69 Å². The Balaban J connectivity index is 1.40. The molecule has 1 aromatic heterocycles. The summed E-state index contributed by atoms with van der Waals surface area (Å²) in [6, 6.07) is -0.455. The van der Waals surface area contributed by atoms with Gasteiger partial charge in [-0.15, -0.1) is 11.3 Å². The van der Waals surface area contributed by atoms with E-state index in [0.717, 1.165) is 55.5 Å². The van der Waals surface area contributed by atoms with Gasteiger partial charge in [0.2, 0.25) is 5.91 Å². The smallest absolute Gasteiger partial charge is 0.323 e. The second-order valence-electron chi connectivity index (χ2n) is 7.82. The van der Waals surface area contributed by atoms with Crippen LogP contribution in [0.2, 0.25) is 0 Å². The zero-order chi connectivity index (χ0) is 18.9. The quantitative estimate of drug-likeness (QED) is 0.776. The lowest BCUT2D eigenvalue weighted by atomic mass is 9.82. The van der Waals surface area contributed by atoms with Crippen molar-refractivity contribution in [1.82, 2.24) is 15.2 Å². The predicted molar refractivity (Wildman–Crippen MR) is 103 cm³/mol. The highest BCUT2D eigenvalue weighted by atomic mass is 32.1.